The Bertz CT molecular complexity index is 563. The van der Waals surface area contributed by atoms with E-state index in [0.717, 1.165) is 18.6 Å². The highest BCUT2D eigenvalue weighted by atomic mass is 19.4. The molecular weight excluding hydrogens is 316 g/mol. The van der Waals surface area contributed by atoms with E-state index in [0.29, 0.717) is 25.6 Å². The van der Waals surface area contributed by atoms with Crippen LogP contribution in [0.3, 0.4) is 0 Å². The molecule has 128 valence electrons. The fourth-order valence-electron chi connectivity index (χ4n) is 2.59. The summed E-state index contributed by atoms with van der Waals surface area (Å²) in [6.45, 7) is 0.719. The van der Waals surface area contributed by atoms with Gasteiger partial charge in [-0.05, 0) is 37.1 Å². The summed E-state index contributed by atoms with van der Waals surface area (Å²) in [5, 5.41) is 11.9. The molecule has 1 atom stereocenters. The first kappa shape index (κ1) is 17.7. The number of rotatable bonds is 4. The number of hydrogen-bond donors (Lipinski definition) is 2. The maximum absolute atomic E-state index is 13.0. The van der Waals surface area contributed by atoms with E-state index in [9.17, 15) is 27.5 Å². The summed E-state index contributed by atoms with van der Waals surface area (Å²) >= 11 is 0. The number of hydrogen-bond acceptors (Lipinski definition) is 3. The van der Waals surface area contributed by atoms with Crippen molar-refractivity contribution in [2.24, 2.45) is 0 Å². The fourth-order valence-corrected chi connectivity index (χ4v) is 2.59. The highest BCUT2D eigenvalue weighted by Crippen LogP contribution is 2.32. The topological polar surface area (TPSA) is 52.6 Å². The van der Waals surface area contributed by atoms with Gasteiger partial charge in [-0.2, -0.15) is 13.2 Å². The van der Waals surface area contributed by atoms with Crippen molar-refractivity contribution in [1.29, 1.82) is 0 Å². The van der Waals surface area contributed by atoms with Crippen LogP contribution in [0.5, 0.6) is 0 Å². The molecule has 23 heavy (non-hydrogen) atoms. The predicted molar refractivity (Wildman–Crippen MR) is 74.9 cm³/mol. The zero-order valence-corrected chi connectivity index (χ0v) is 12.4. The Hall–Kier alpha value is -1.67. The van der Waals surface area contributed by atoms with Crippen LogP contribution >= 0.6 is 0 Å². The molecule has 1 aliphatic heterocycles. The van der Waals surface area contributed by atoms with Gasteiger partial charge < -0.3 is 10.4 Å². The first-order valence-corrected chi connectivity index (χ1v) is 7.28. The largest absolute Gasteiger partial charge is 0.416 e. The van der Waals surface area contributed by atoms with E-state index >= 15 is 0 Å². The summed E-state index contributed by atoms with van der Waals surface area (Å²) < 4.78 is 51.6. The second kappa shape index (κ2) is 7.27. The smallest absolute Gasteiger partial charge is 0.392 e. The number of carbonyl (C=O) groups excluding carboxylic acids is 1. The molecule has 0 saturated carbocycles. The van der Waals surface area contributed by atoms with Gasteiger partial charge >= 0.3 is 6.18 Å². The third kappa shape index (κ3) is 5.18. The van der Waals surface area contributed by atoms with E-state index in [1.165, 1.54) is 0 Å². The fraction of sp³-hybridized carbons (Fsp3) is 0.533. The molecule has 2 rings (SSSR count). The lowest BCUT2D eigenvalue weighted by atomic mass is 10.1. The van der Waals surface area contributed by atoms with Crippen molar-refractivity contribution in [2.75, 3.05) is 19.6 Å². The van der Waals surface area contributed by atoms with E-state index in [1.807, 2.05) is 0 Å². The van der Waals surface area contributed by atoms with Gasteiger partial charge in [0.1, 0.15) is 5.82 Å². The summed E-state index contributed by atoms with van der Waals surface area (Å²) in [5.74, 6) is -1.41. The van der Waals surface area contributed by atoms with Gasteiger partial charge in [0, 0.05) is 13.1 Å². The molecule has 1 aliphatic rings. The monoisotopic (exact) mass is 334 g/mol. The van der Waals surface area contributed by atoms with Gasteiger partial charge in [-0.3, -0.25) is 9.69 Å². The van der Waals surface area contributed by atoms with Gasteiger partial charge in [0.05, 0.1) is 18.2 Å². The number of aliphatic hydroxyl groups is 1. The van der Waals surface area contributed by atoms with Crippen LogP contribution in [-0.4, -0.2) is 41.7 Å². The summed E-state index contributed by atoms with van der Waals surface area (Å²) in [6.07, 6.45) is -3.71. The number of benzene rings is 1. The van der Waals surface area contributed by atoms with E-state index < -0.39 is 29.6 Å². The minimum atomic E-state index is -4.68. The molecule has 2 N–H and O–H groups in total. The Balaban J connectivity index is 1.94. The van der Waals surface area contributed by atoms with Crippen molar-refractivity contribution < 1.29 is 27.5 Å². The second-order valence-electron chi connectivity index (χ2n) is 5.61. The van der Waals surface area contributed by atoms with Crippen LogP contribution in [0.4, 0.5) is 17.6 Å². The summed E-state index contributed by atoms with van der Waals surface area (Å²) in [4.78, 5) is 13.6. The molecule has 1 amide bonds. The third-order valence-corrected chi connectivity index (χ3v) is 3.70. The van der Waals surface area contributed by atoms with Crippen LogP contribution in [-0.2, 0) is 17.5 Å². The summed E-state index contributed by atoms with van der Waals surface area (Å²) in [5.41, 5.74) is -1.28. The van der Waals surface area contributed by atoms with E-state index in [2.05, 4.69) is 5.32 Å². The van der Waals surface area contributed by atoms with Gasteiger partial charge in [-0.1, -0.05) is 6.07 Å². The molecule has 0 aliphatic carbocycles. The zero-order chi connectivity index (χ0) is 17.0. The minimum Gasteiger partial charge on any atom is -0.392 e. The van der Waals surface area contributed by atoms with E-state index in [1.54, 1.807) is 4.90 Å². The molecule has 1 saturated heterocycles. The number of alkyl halides is 3. The molecule has 0 spiro atoms. The maximum atomic E-state index is 13.0. The Kier molecular flexibility index (Phi) is 5.59. The Labute approximate surface area is 131 Å². The molecule has 0 bridgehead atoms. The number of halogens is 4. The molecule has 1 aromatic rings. The van der Waals surface area contributed by atoms with Gasteiger partial charge in [-0.25, -0.2) is 4.39 Å². The van der Waals surface area contributed by atoms with Crippen LogP contribution < -0.4 is 5.32 Å². The highest BCUT2D eigenvalue weighted by Gasteiger charge is 2.33. The van der Waals surface area contributed by atoms with Crippen molar-refractivity contribution in [3.63, 3.8) is 0 Å². The lowest BCUT2D eigenvalue weighted by Crippen LogP contribution is -2.44. The Morgan fingerprint density at radius 1 is 1.39 bits per heavy atom. The number of amides is 1. The van der Waals surface area contributed by atoms with Crippen molar-refractivity contribution in [3.8, 4) is 0 Å². The first-order valence-electron chi connectivity index (χ1n) is 7.28. The molecule has 0 radical (unpaired) electrons. The number of nitrogens with one attached hydrogen (secondary N) is 1. The normalized spacial score (nSPS) is 19.6. The first-order chi connectivity index (χ1) is 10.8. The number of likely N-dealkylation sites (tertiary alicyclic amines) is 1. The van der Waals surface area contributed by atoms with E-state index in [4.69, 9.17) is 0 Å². The number of nitrogens with zero attached hydrogens (tertiary/aromatic N) is 1. The Morgan fingerprint density at radius 2 is 2.13 bits per heavy atom. The number of β-amino-alcohol motifs (C(OH)–C–C–N with tert-alkyl or cyclic N) is 1. The molecule has 8 heteroatoms. The maximum Gasteiger partial charge on any atom is 0.416 e. The standard InChI is InChI=1S/C15H18F4N2O2/c16-11-4-3-10(13(6-11)15(17,18)19)7-20-14(23)9-21-5-1-2-12(22)8-21/h3-4,6,12,22H,1-2,5,7-9H2,(H,20,23)/t12-/m1/s1. The second-order valence-corrected chi connectivity index (χ2v) is 5.61. The number of carbonyl (C=O) groups is 1. The van der Waals surface area contributed by atoms with Gasteiger partial charge in [0.15, 0.2) is 0 Å². The molecule has 4 nitrogen and oxygen atoms in total. The molecule has 0 aromatic heterocycles. The predicted octanol–water partition coefficient (Wildman–Crippen LogP) is 1.92. The number of aliphatic hydroxyl groups excluding tert-OH is 1. The van der Waals surface area contributed by atoms with Crippen LogP contribution in [0.25, 0.3) is 0 Å². The molecule has 0 unspecified atom stereocenters. The lowest BCUT2D eigenvalue weighted by Gasteiger charge is -2.29. The Morgan fingerprint density at radius 3 is 2.78 bits per heavy atom. The van der Waals surface area contributed by atoms with Crippen molar-refractivity contribution in [1.82, 2.24) is 10.2 Å². The highest BCUT2D eigenvalue weighted by molar-refractivity contribution is 5.78. The third-order valence-electron chi connectivity index (χ3n) is 3.70. The average Bonchev–Trinajstić information content (AvgIpc) is 2.45. The van der Waals surface area contributed by atoms with Gasteiger partial charge in [-0.15, -0.1) is 0 Å². The zero-order valence-electron chi connectivity index (χ0n) is 12.4. The van der Waals surface area contributed by atoms with Crippen LogP contribution in [0.15, 0.2) is 18.2 Å². The molecule has 1 fully saturated rings. The molecule has 1 heterocycles. The average molecular weight is 334 g/mol. The summed E-state index contributed by atoms with van der Waals surface area (Å²) in [6, 6.07) is 2.36. The van der Waals surface area contributed by atoms with Crippen LogP contribution in [0, 0.1) is 5.82 Å². The van der Waals surface area contributed by atoms with E-state index in [-0.39, 0.29) is 18.7 Å². The van der Waals surface area contributed by atoms with Gasteiger partial charge in [0.2, 0.25) is 5.91 Å². The van der Waals surface area contributed by atoms with Crippen LogP contribution in [0.1, 0.15) is 24.0 Å². The van der Waals surface area contributed by atoms with Crippen molar-refractivity contribution in [2.45, 2.75) is 31.7 Å². The SMILES string of the molecule is O=C(CN1CCC[C@@H](O)C1)NCc1ccc(F)cc1C(F)(F)F. The molecular formula is C15H18F4N2O2. The van der Waals surface area contributed by atoms with Gasteiger partial charge in [0.25, 0.3) is 0 Å². The molecule has 1 aromatic carbocycles. The summed E-state index contributed by atoms with van der Waals surface area (Å²) in [7, 11) is 0. The van der Waals surface area contributed by atoms with Crippen molar-refractivity contribution in [3.05, 3.63) is 35.1 Å². The van der Waals surface area contributed by atoms with Crippen molar-refractivity contribution >= 4 is 5.91 Å². The number of piperidine rings is 1. The lowest BCUT2D eigenvalue weighted by molar-refractivity contribution is -0.138. The minimum absolute atomic E-state index is 0.0135. The van der Waals surface area contributed by atoms with Crippen LogP contribution in [0.2, 0.25) is 0 Å². The quantitative estimate of drug-likeness (QED) is 0.827.